The van der Waals surface area contributed by atoms with Crippen LogP contribution in [-0.4, -0.2) is 43.3 Å². The lowest BCUT2D eigenvalue weighted by Gasteiger charge is -2.35. The van der Waals surface area contributed by atoms with Crippen molar-refractivity contribution >= 4 is 62.3 Å². The average molecular weight is 715 g/mol. The lowest BCUT2D eigenvalue weighted by molar-refractivity contribution is -0.140. The van der Waals surface area contributed by atoms with Gasteiger partial charge in [0, 0.05) is 23.5 Å². The van der Waals surface area contributed by atoms with Gasteiger partial charge in [-0.05, 0) is 87.7 Å². The summed E-state index contributed by atoms with van der Waals surface area (Å²) < 4.78 is 29.5. The van der Waals surface area contributed by atoms with Crippen LogP contribution < -0.4 is 9.62 Å². The number of carbonyl (C=O) groups is 2. The standard InChI is InChI=1S/C36H38Cl3N3O4S/c1-24-11-16-29(17-12-24)47(45,46)42(28-15-13-25(2)31(38)21-28)23-34(43)41(22-27-14-18-30(37)32(39)19-27)33(35(44)40-36(3,4)5)20-26-9-7-6-8-10-26/h6-19,21,33H,20,22-23H2,1-5H3,(H,40,44)/t33-/m1/s1. The van der Waals surface area contributed by atoms with E-state index in [-0.39, 0.29) is 34.5 Å². The third kappa shape index (κ3) is 9.51. The van der Waals surface area contributed by atoms with Crippen LogP contribution in [-0.2, 0) is 32.6 Å². The molecule has 2 amide bonds. The zero-order valence-corrected chi connectivity index (χ0v) is 30.0. The van der Waals surface area contributed by atoms with Gasteiger partial charge in [0.1, 0.15) is 12.6 Å². The molecular weight excluding hydrogens is 677 g/mol. The maximum absolute atomic E-state index is 14.6. The molecule has 0 heterocycles. The van der Waals surface area contributed by atoms with Gasteiger partial charge in [0.15, 0.2) is 0 Å². The first-order chi connectivity index (χ1) is 22.0. The normalized spacial score (nSPS) is 12.3. The van der Waals surface area contributed by atoms with Crippen LogP contribution in [0.5, 0.6) is 0 Å². The number of halogens is 3. The first kappa shape index (κ1) is 36.3. The minimum Gasteiger partial charge on any atom is -0.350 e. The molecule has 248 valence electrons. The second-order valence-electron chi connectivity index (χ2n) is 12.5. The number of amides is 2. The molecule has 4 aromatic carbocycles. The van der Waals surface area contributed by atoms with Crippen molar-refractivity contribution in [3.05, 3.63) is 128 Å². The van der Waals surface area contributed by atoms with Crippen LogP contribution in [0.25, 0.3) is 0 Å². The van der Waals surface area contributed by atoms with Crippen LogP contribution in [0.1, 0.15) is 43.0 Å². The highest BCUT2D eigenvalue weighted by Gasteiger charge is 2.36. The molecule has 0 aliphatic carbocycles. The molecule has 0 saturated heterocycles. The van der Waals surface area contributed by atoms with Crippen molar-refractivity contribution in [1.82, 2.24) is 10.2 Å². The molecular formula is C36H38Cl3N3O4S. The quantitative estimate of drug-likeness (QED) is 0.171. The number of nitrogens with one attached hydrogen (secondary N) is 1. The minimum absolute atomic E-state index is 0.00921. The number of anilines is 1. The van der Waals surface area contributed by atoms with E-state index in [9.17, 15) is 18.0 Å². The highest BCUT2D eigenvalue weighted by molar-refractivity contribution is 7.92. The number of sulfonamides is 1. The average Bonchev–Trinajstić information content (AvgIpc) is 3.00. The van der Waals surface area contributed by atoms with Gasteiger partial charge >= 0.3 is 0 Å². The molecule has 0 unspecified atom stereocenters. The summed E-state index contributed by atoms with van der Waals surface area (Å²) in [6, 6.07) is 24.5. The molecule has 0 saturated carbocycles. The van der Waals surface area contributed by atoms with E-state index in [0.717, 1.165) is 21.0 Å². The fraction of sp³-hybridized carbons (Fsp3) is 0.278. The Bertz CT molecular complexity index is 1840. The second kappa shape index (κ2) is 15.1. The zero-order chi connectivity index (χ0) is 34.5. The number of rotatable bonds is 11. The molecule has 0 aromatic heterocycles. The molecule has 0 bridgehead atoms. The van der Waals surface area contributed by atoms with Gasteiger partial charge in [-0.1, -0.05) is 95.0 Å². The van der Waals surface area contributed by atoms with E-state index < -0.39 is 34.1 Å². The van der Waals surface area contributed by atoms with Crippen molar-refractivity contribution < 1.29 is 18.0 Å². The van der Waals surface area contributed by atoms with Crippen LogP contribution in [0.2, 0.25) is 15.1 Å². The lowest BCUT2D eigenvalue weighted by atomic mass is 10.0. The van der Waals surface area contributed by atoms with Gasteiger partial charge in [-0.25, -0.2) is 8.42 Å². The van der Waals surface area contributed by atoms with E-state index in [1.807, 2.05) is 58.0 Å². The Morgan fingerprint density at radius 2 is 1.45 bits per heavy atom. The van der Waals surface area contributed by atoms with Gasteiger partial charge in [0.2, 0.25) is 11.8 Å². The molecule has 7 nitrogen and oxygen atoms in total. The fourth-order valence-electron chi connectivity index (χ4n) is 4.94. The van der Waals surface area contributed by atoms with Gasteiger partial charge in [-0.2, -0.15) is 0 Å². The number of nitrogens with zero attached hydrogens (tertiary/aromatic N) is 2. The van der Waals surface area contributed by atoms with E-state index in [2.05, 4.69) is 5.32 Å². The molecule has 11 heteroatoms. The summed E-state index contributed by atoms with van der Waals surface area (Å²) in [6.45, 7) is 8.57. The molecule has 1 atom stereocenters. The largest absolute Gasteiger partial charge is 0.350 e. The molecule has 1 N–H and O–H groups in total. The lowest BCUT2D eigenvalue weighted by Crippen LogP contribution is -2.56. The first-order valence-electron chi connectivity index (χ1n) is 15.0. The summed E-state index contributed by atoms with van der Waals surface area (Å²) in [6.07, 6.45) is 0.177. The molecule has 4 aromatic rings. The fourth-order valence-corrected chi connectivity index (χ4v) is 6.85. The van der Waals surface area contributed by atoms with Crippen molar-refractivity contribution in [2.24, 2.45) is 0 Å². The molecule has 4 rings (SSSR count). The maximum atomic E-state index is 14.6. The highest BCUT2D eigenvalue weighted by atomic mass is 35.5. The second-order valence-corrected chi connectivity index (χ2v) is 15.6. The van der Waals surface area contributed by atoms with Gasteiger partial charge in [-0.3, -0.25) is 13.9 Å². The van der Waals surface area contributed by atoms with Crippen LogP contribution in [0.15, 0.2) is 95.9 Å². The Labute approximate surface area is 292 Å². The van der Waals surface area contributed by atoms with Gasteiger partial charge in [-0.15, -0.1) is 0 Å². The number of hydrogen-bond acceptors (Lipinski definition) is 4. The molecule has 0 fully saturated rings. The van der Waals surface area contributed by atoms with Crippen molar-refractivity contribution in [1.29, 1.82) is 0 Å². The number of hydrogen-bond donors (Lipinski definition) is 1. The van der Waals surface area contributed by atoms with E-state index in [1.54, 1.807) is 49.4 Å². The number of carbonyl (C=O) groups excluding carboxylic acids is 2. The Morgan fingerprint density at radius 3 is 2.04 bits per heavy atom. The number of aryl methyl sites for hydroxylation is 2. The van der Waals surface area contributed by atoms with E-state index in [4.69, 9.17) is 34.8 Å². The predicted molar refractivity (Wildman–Crippen MR) is 191 cm³/mol. The number of benzene rings is 4. The Hall–Kier alpha value is -3.56. The van der Waals surface area contributed by atoms with Gasteiger partial charge in [0.05, 0.1) is 20.6 Å². The molecule has 47 heavy (non-hydrogen) atoms. The van der Waals surface area contributed by atoms with Crippen LogP contribution >= 0.6 is 34.8 Å². The van der Waals surface area contributed by atoms with Crippen molar-refractivity contribution in [2.45, 2.75) is 64.1 Å². The summed E-state index contributed by atoms with van der Waals surface area (Å²) in [4.78, 5) is 30.0. The van der Waals surface area contributed by atoms with Crippen molar-refractivity contribution in [3.63, 3.8) is 0 Å². The van der Waals surface area contributed by atoms with Crippen LogP contribution in [0, 0.1) is 13.8 Å². The summed E-state index contributed by atoms with van der Waals surface area (Å²) in [5, 5.41) is 3.98. The summed E-state index contributed by atoms with van der Waals surface area (Å²) >= 11 is 19.0. The SMILES string of the molecule is Cc1ccc(S(=O)(=O)N(CC(=O)N(Cc2ccc(Cl)c(Cl)c2)[C@H](Cc2ccccc2)C(=O)NC(C)(C)C)c2ccc(C)c(Cl)c2)cc1. The molecule has 0 aliphatic heterocycles. The Balaban J connectivity index is 1.85. The molecule has 0 aliphatic rings. The van der Waals surface area contributed by atoms with Crippen LogP contribution in [0.3, 0.4) is 0 Å². The predicted octanol–water partition coefficient (Wildman–Crippen LogP) is 8.01. The van der Waals surface area contributed by atoms with Crippen molar-refractivity contribution in [3.8, 4) is 0 Å². The van der Waals surface area contributed by atoms with Gasteiger partial charge in [0.25, 0.3) is 10.0 Å². The maximum Gasteiger partial charge on any atom is 0.264 e. The smallest absolute Gasteiger partial charge is 0.264 e. The third-order valence-electron chi connectivity index (χ3n) is 7.44. The van der Waals surface area contributed by atoms with Gasteiger partial charge < -0.3 is 10.2 Å². The molecule has 0 spiro atoms. The van der Waals surface area contributed by atoms with E-state index in [0.29, 0.717) is 15.6 Å². The highest BCUT2D eigenvalue weighted by Crippen LogP contribution is 2.30. The summed E-state index contributed by atoms with van der Waals surface area (Å²) in [7, 11) is -4.26. The van der Waals surface area contributed by atoms with Crippen LogP contribution in [0.4, 0.5) is 5.69 Å². The Kier molecular flexibility index (Phi) is 11.7. The molecule has 0 radical (unpaired) electrons. The first-order valence-corrected chi connectivity index (χ1v) is 17.6. The summed E-state index contributed by atoms with van der Waals surface area (Å²) in [5.74, 6) is -0.991. The monoisotopic (exact) mass is 713 g/mol. The minimum atomic E-state index is -4.26. The van der Waals surface area contributed by atoms with E-state index in [1.165, 1.54) is 23.1 Å². The third-order valence-corrected chi connectivity index (χ3v) is 10.4. The Morgan fingerprint density at radius 1 is 0.787 bits per heavy atom. The summed E-state index contributed by atoms with van der Waals surface area (Å²) in [5.41, 5.74) is 2.67. The van der Waals surface area contributed by atoms with E-state index >= 15 is 0 Å². The van der Waals surface area contributed by atoms with Crippen molar-refractivity contribution in [2.75, 3.05) is 10.8 Å². The zero-order valence-electron chi connectivity index (χ0n) is 26.9. The topological polar surface area (TPSA) is 86.8 Å².